The maximum atomic E-state index is 11.1. The van der Waals surface area contributed by atoms with E-state index < -0.39 is 0 Å². The number of benzene rings is 1. The van der Waals surface area contributed by atoms with Crippen LogP contribution in [-0.4, -0.2) is 11.0 Å². The van der Waals surface area contributed by atoms with Crippen molar-refractivity contribution in [2.24, 2.45) is 0 Å². The van der Waals surface area contributed by atoms with Gasteiger partial charge in [-0.15, -0.1) is 0 Å². The molecule has 0 saturated heterocycles. The average molecular weight is 235 g/mol. The Hall–Kier alpha value is -1.58. The number of rotatable bonds is 3. The van der Waals surface area contributed by atoms with Crippen molar-refractivity contribution in [2.45, 2.75) is 45.1 Å². The summed E-state index contributed by atoms with van der Waals surface area (Å²) in [6.07, 6.45) is 2.36. The van der Waals surface area contributed by atoms with Gasteiger partial charge in [-0.05, 0) is 30.4 Å². The van der Waals surface area contributed by atoms with Crippen LogP contribution in [-0.2, 0) is 5.41 Å². The van der Waals surface area contributed by atoms with Crippen LogP contribution in [0.5, 0.6) is 5.75 Å². The Bertz CT molecular complexity index is 444. The second-order valence-electron chi connectivity index (χ2n) is 5.50. The van der Waals surface area contributed by atoms with Gasteiger partial charge in [-0.1, -0.05) is 20.8 Å². The molecule has 0 unspecified atom stereocenters. The van der Waals surface area contributed by atoms with E-state index in [4.69, 9.17) is 4.74 Å². The van der Waals surface area contributed by atoms with Crippen molar-refractivity contribution in [3.8, 4) is 5.75 Å². The molecule has 0 N–H and O–H groups in total. The standard InChI is InChI=1S/C13H17NO3/c1-13(2,3)11-7-6-10(17-9-4-5-9)8-12(11)14(15)16/h6-9H,4-5H2,1-3H3. The minimum Gasteiger partial charge on any atom is -0.490 e. The monoisotopic (exact) mass is 235 g/mol. The van der Waals surface area contributed by atoms with Crippen molar-refractivity contribution in [1.29, 1.82) is 0 Å². The topological polar surface area (TPSA) is 52.4 Å². The zero-order chi connectivity index (χ0) is 12.6. The Labute approximate surface area is 101 Å². The second-order valence-corrected chi connectivity index (χ2v) is 5.50. The van der Waals surface area contributed by atoms with E-state index in [9.17, 15) is 10.1 Å². The first-order chi connectivity index (χ1) is 7.88. The molecule has 4 heteroatoms. The fourth-order valence-corrected chi connectivity index (χ4v) is 1.75. The Morgan fingerprint density at radius 2 is 2.00 bits per heavy atom. The molecule has 0 amide bonds. The lowest BCUT2D eigenvalue weighted by molar-refractivity contribution is -0.386. The van der Waals surface area contributed by atoms with E-state index in [-0.39, 0.29) is 22.1 Å². The molecule has 4 nitrogen and oxygen atoms in total. The summed E-state index contributed by atoms with van der Waals surface area (Å²) in [5.74, 6) is 0.604. The molecule has 92 valence electrons. The Kier molecular flexibility index (Phi) is 2.81. The fraction of sp³-hybridized carbons (Fsp3) is 0.538. The highest BCUT2D eigenvalue weighted by molar-refractivity contribution is 5.49. The first-order valence-electron chi connectivity index (χ1n) is 5.83. The maximum absolute atomic E-state index is 11.1. The Morgan fingerprint density at radius 1 is 1.35 bits per heavy atom. The number of nitro groups is 1. The summed E-state index contributed by atoms with van der Waals surface area (Å²) in [6.45, 7) is 5.91. The highest BCUT2D eigenvalue weighted by atomic mass is 16.6. The van der Waals surface area contributed by atoms with Gasteiger partial charge in [-0.3, -0.25) is 10.1 Å². The quantitative estimate of drug-likeness (QED) is 0.595. The third-order valence-electron chi connectivity index (χ3n) is 2.80. The van der Waals surface area contributed by atoms with Crippen molar-refractivity contribution in [1.82, 2.24) is 0 Å². The number of hydrogen-bond donors (Lipinski definition) is 0. The highest BCUT2D eigenvalue weighted by Crippen LogP contribution is 2.35. The molecule has 0 aromatic heterocycles. The van der Waals surface area contributed by atoms with Gasteiger partial charge in [0, 0.05) is 5.56 Å². The molecule has 1 aliphatic carbocycles. The van der Waals surface area contributed by atoms with E-state index in [2.05, 4.69) is 0 Å². The number of nitrogens with zero attached hydrogens (tertiary/aromatic N) is 1. The van der Waals surface area contributed by atoms with Gasteiger partial charge in [0.2, 0.25) is 0 Å². The Morgan fingerprint density at radius 3 is 2.47 bits per heavy atom. The first-order valence-corrected chi connectivity index (χ1v) is 5.83. The van der Waals surface area contributed by atoms with Crippen LogP contribution in [0.4, 0.5) is 5.69 Å². The van der Waals surface area contributed by atoms with Gasteiger partial charge in [0.05, 0.1) is 17.1 Å². The normalized spacial score (nSPS) is 15.7. The summed E-state index contributed by atoms with van der Waals surface area (Å²) in [4.78, 5) is 10.7. The van der Waals surface area contributed by atoms with Crippen molar-refractivity contribution < 1.29 is 9.66 Å². The maximum Gasteiger partial charge on any atom is 0.276 e. The van der Waals surface area contributed by atoms with Crippen LogP contribution >= 0.6 is 0 Å². The minimum atomic E-state index is -0.333. The molecule has 0 radical (unpaired) electrons. The summed E-state index contributed by atoms with van der Waals surface area (Å²) in [6, 6.07) is 5.17. The predicted octanol–water partition coefficient (Wildman–Crippen LogP) is 3.43. The molecule has 2 rings (SSSR count). The molecule has 0 spiro atoms. The van der Waals surface area contributed by atoms with Gasteiger partial charge in [0.1, 0.15) is 5.75 Å². The molecule has 0 bridgehead atoms. The van der Waals surface area contributed by atoms with Gasteiger partial charge < -0.3 is 4.74 Å². The lowest BCUT2D eigenvalue weighted by atomic mass is 9.86. The van der Waals surface area contributed by atoms with Crippen molar-refractivity contribution >= 4 is 5.69 Å². The third-order valence-corrected chi connectivity index (χ3v) is 2.80. The fourth-order valence-electron chi connectivity index (χ4n) is 1.75. The molecule has 0 aliphatic heterocycles. The van der Waals surface area contributed by atoms with E-state index in [0.29, 0.717) is 5.75 Å². The summed E-state index contributed by atoms with van der Waals surface area (Å²) in [5.41, 5.74) is 0.654. The molecule has 17 heavy (non-hydrogen) atoms. The summed E-state index contributed by atoms with van der Waals surface area (Å²) < 4.78 is 5.58. The van der Waals surface area contributed by atoms with Crippen LogP contribution in [0, 0.1) is 10.1 Å². The van der Waals surface area contributed by atoms with Gasteiger partial charge in [0.25, 0.3) is 5.69 Å². The van der Waals surface area contributed by atoms with Crippen LogP contribution in [0.1, 0.15) is 39.2 Å². The molecular weight excluding hydrogens is 218 g/mol. The largest absolute Gasteiger partial charge is 0.490 e. The first kappa shape index (κ1) is 11.9. The molecule has 1 aliphatic rings. The lowest BCUT2D eigenvalue weighted by Gasteiger charge is -2.19. The molecule has 1 aromatic rings. The van der Waals surface area contributed by atoms with E-state index in [1.165, 1.54) is 0 Å². The highest BCUT2D eigenvalue weighted by Gasteiger charge is 2.28. The molecule has 0 atom stereocenters. The van der Waals surface area contributed by atoms with Crippen molar-refractivity contribution in [3.05, 3.63) is 33.9 Å². The van der Waals surface area contributed by atoms with Gasteiger partial charge >= 0.3 is 0 Å². The second kappa shape index (κ2) is 4.02. The van der Waals surface area contributed by atoms with Crippen molar-refractivity contribution in [3.63, 3.8) is 0 Å². The van der Waals surface area contributed by atoms with E-state index >= 15 is 0 Å². The van der Waals surface area contributed by atoms with E-state index in [1.54, 1.807) is 12.1 Å². The molecular formula is C13H17NO3. The summed E-state index contributed by atoms with van der Waals surface area (Å²) in [5, 5.41) is 11.1. The van der Waals surface area contributed by atoms with Gasteiger partial charge in [-0.25, -0.2) is 0 Å². The number of ether oxygens (including phenoxy) is 1. The van der Waals surface area contributed by atoms with Gasteiger partial charge in [-0.2, -0.15) is 0 Å². The Balaban J connectivity index is 2.36. The smallest absolute Gasteiger partial charge is 0.276 e. The summed E-state index contributed by atoms with van der Waals surface area (Å²) >= 11 is 0. The van der Waals surface area contributed by atoms with Crippen LogP contribution < -0.4 is 4.74 Å². The zero-order valence-electron chi connectivity index (χ0n) is 10.4. The van der Waals surface area contributed by atoms with Crippen LogP contribution in [0.2, 0.25) is 0 Å². The average Bonchev–Trinajstić information content (AvgIpc) is 2.99. The number of hydrogen-bond acceptors (Lipinski definition) is 3. The lowest BCUT2D eigenvalue weighted by Crippen LogP contribution is -2.14. The molecule has 0 heterocycles. The number of nitro benzene ring substituents is 1. The van der Waals surface area contributed by atoms with Crippen molar-refractivity contribution in [2.75, 3.05) is 0 Å². The zero-order valence-corrected chi connectivity index (χ0v) is 10.4. The molecule has 1 fully saturated rings. The third kappa shape index (κ3) is 2.75. The van der Waals surface area contributed by atoms with E-state index in [0.717, 1.165) is 18.4 Å². The predicted molar refractivity (Wildman–Crippen MR) is 65.4 cm³/mol. The van der Waals surface area contributed by atoms with Gasteiger partial charge in [0.15, 0.2) is 0 Å². The molecule has 1 saturated carbocycles. The van der Waals surface area contributed by atoms with E-state index in [1.807, 2.05) is 26.8 Å². The molecule has 1 aromatic carbocycles. The SMILES string of the molecule is CC(C)(C)c1ccc(OC2CC2)cc1[N+](=O)[O-]. The minimum absolute atomic E-state index is 0.149. The summed E-state index contributed by atoms with van der Waals surface area (Å²) in [7, 11) is 0. The van der Waals surface area contributed by atoms with Crippen LogP contribution in [0.3, 0.4) is 0 Å². The van der Waals surface area contributed by atoms with Crippen LogP contribution in [0.15, 0.2) is 18.2 Å². The van der Waals surface area contributed by atoms with Crippen LogP contribution in [0.25, 0.3) is 0 Å².